The van der Waals surface area contributed by atoms with E-state index in [0.717, 1.165) is 22.0 Å². The van der Waals surface area contributed by atoms with Crippen LogP contribution < -0.4 is 5.32 Å². The third-order valence-electron chi connectivity index (χ3n) is 6.27. The Bertz CT molecular complexity index is 1360. The van der Waals surface area contributed by atoms with Crippen LogP contribution in [0, 0.1) is 0 Å². The standard InChI is InChI=1S/C29H26N4O2.H2/c34-28(25-16-15-22-11-4-5-13-24(22)31-25)32-26(19-21-9-2-1-3-10-21)29(35)33-18-7-6-14-27(33)23-12-8-17-30-20-23;/h1-13,15-17,20,26-27H,14,18-19H2,(H,32,34);1H/t26-,27?;/m0./s1. The number of rotatable bonds is 6. The summed E-state index contributed by atoms with van der Waals surface area (Å²) in [7, 11) is 0. The van der Waals surface area contributed by atoms with Gasteiger partial charge in [-0.1, -0.05) is 72.8 Å². The first kappa shape index (κ1) is 22.5. The van der Waals surface area contributed by atoms with E-state index >= 15 is 0 Å². The number of nitrogens with zero attached hydrogens (tertiary/aromatic N) is 3. The van der Waals surface area contributed by atoms with Crippen LogP contribution in [0.1, 0.15) is 35.5 Å². The maximum absolute atomic E-state index is 13.9. The summed E-state index contributed by atoms with van der Waals surface area (Å²) in [6, 6.07) is 24.0. The third kappa shape index (κ3) is 5.11. The number of pyridine rings is 2. The largest absolute Gasteiger partial charge is 0.339 e. The van der Waals surface area contributed by atoms with Gasteiger partial charge in [0.05, 0.1) is 11.6 Å². The molecule has 0 aliphatic carbocycles. The highest BCUT2D eigenvalue weighted by Gasteiger charge is 2.32. The van der Waals surface area contributed by atoms with Gasteiger partial charge in [0.1, 0.15) is 11.7 Å². The quantitative estimate of drug-likeness (QED) is 0.418. The van der Waals surface area contributed by atoms with Crippen LogP contribution >= 0.6 is 0 Å². The van der Waals surface area contributed by atoms with Gasteiger partial charge in [-0.2, -0.15) is 0 Å². The molecule has 0 bridgehead atoms. The SMILES string of the molecule is O=C(N[C@@H](Cc1ccccc1)C(=O)N1CC=CCC1c1cccnc1)c1ccc2ccccc2n1.[HH]. The summed E-state index contributed by atoms with van der Waals surface area (Å²) >= 11 is 0. The van der Waals surface area contributed by atoms with Crippen molar-refractivity contribution < 1.29 is 11.0 Å². The van der Waals surface area contributed by atoms with E-state index in [-0.39, 0.29) is 25.0 Å². The van der Waals surface area contributed by atoms with Crippen LogP contribution in [0.2, 0.25) is 0 Å². The second-order valence-electron chi connectivity index (χ2n) is 8.60. The predicted octanol–water partition coefficient (Wildman–Crippen LogP) is 4.75. The number of amides is 2. The van der Waals surface area contributed by atoms with Gasteiger partial charge in [0.25, 0.3) is 5.91 Å². The Morgan fingerprint density at radius 3 is 2.63 bits per heavy atom. The van der Waals surface area contributed by atoms with Gasteiger partial charge < -0.3 is 10.2 Å². The molecule has 3 heterocycles. The molecular formula is C29H28N4O2. The topological polar surface area (TPSA) is 75.2 Å². The van der Waals surface area contributed by atoms with Crippen molar-refractivity contribution in [2.45, 2.75) is 24.9 Å². The van der Waals surface area contributed by atoms with Gasteiger partial charge in [-0.15, -0.1) is 0 Å². The normalized spacial score (nSPS) is 16.1. The summed E-state index contributed by atoms with van der Waals surface area (Å²) in [5.74, 6) is -0.489. The van der Waals surface area contributed by atoms with Gasteiger partial charge in [0.2, 0.25) is 5.91 Å². The lowest BCUT2D eigenvalue weighted by Crippen LogP contribution is -2.51. The van der Waals surface area contributed by atoms with E-state index in [1.54, 1.807) is 18.5 Å². The lowest BCUT2D eigenvalue weighted by molar-refractivity contribution is -0.135. The molecule has 0 saturated carbocycles. The molecule has 1 N–H and O–H groups in total. The number of carbonyl (C=O) groups is 2. The molecular weight excluding hydrogens is 436 g/mol. The zero-order valence-electron chi connectivity index (χ0n) is 19.2. The Balaban J connectivity index is 0.00000304. The highest BCUT2D eigenvalue weighted by molar-refractivity contribution is 5.98. The van der Waals surface area contributed by atoms with E-state index in [9.17, 15) is 9.59 Å². The fourth-order valence-electron chi connectivity index (χ4n) is 4.48. The Hall–Kier alpha value is -4.32. The first-order valence-corrected chi connectivity index (χ1v) is 11.7. The monoisotopic (exact) mass is 464 g/mol. The number of carbonyl (C=O) groups excluding carboxylic acids is 2. The molecule has 4 aromatic rings. The Kier molecular flexibility index (Phi) is 6.61. The van der Waals surface area contributed by atoms with Crippen molar-refractivity contribution in [3.8, 4) is 0 Å². The molecule has 35 heavy (non-hydrogen) atoms. The highest BCUT2D eigenvalue weighted by atomic mass is 16.2. The molecule has 1 aliphatic rings. The minimum Gasteiger partial charge on any atom is -0.339 e. The van der Waals surface area contributed by atoms with Crippen molar-refractivity contribution in [2.75, 3.05) is 6.54 Å². The number of hydrogen-bond donors (Lipinski definition) is 1. The third-order valence-corrected chi connectivity index (χ3v) is 6.27. The summed E-state index contributed by atoms with van der Waals surface area (Å²) in [5, 5.41) is 3.94. The summed E-state index contributed by atoms with van der Waals surface area (Å²) in [6.45, 7) is 0.480. The van der Waals surface area contributed by atoms with Gasteiger partial charge in [-0.25, -0.2) is 4.98 Å². The van der Waals surface area contributed by atoms with Gasteiger partial charge in [-0.3, -0.25) is 14.6 Å². The van der Waals surface area contributed by atoms with Crippen LogP contribution in [0.4, 0.5) is 0 Å². The fraction of sp³-hybridized carbons (Fsp3) is 0.172. The van der Waals surface area contributed by atoms with E-state index in [4.69, 9.17) is 0 Å². The number of para-hydroxylation sites is 1. The molecule has 0 saturated heterocycles. The molecule has 6 heteroatoms. The molecule has 5 rings (SSSR count). The van der Waals surface area contributed by atoms with Gasteiger partial charge in [0.15, 0.2) is 0 Å². The number of fused-ring (bicyclic) bond motifs is 1. The Morgan fingerprint density at radius 2 is 1.80 bits per heavy atom. The molecule has 1 unspecified atom stereocenters. The van der Waals surface area contributed by atoms with Gasteiger partial charge >= 0.3 is 0 Å². The van der Waals surface area contributed by atoms with Crippen molar-refractivity contribution in [3.05, 3.63) is 120 Å². The second-order valence-corrected chi connectivity index (χ2v) is 8.60. The van der Waals surface area contributed by atoms with E-state index in [1.807, 2.05) is 83.8 Å². The Morgan fingerprint density at radius 1 is 0.971 bits per heavy atom. The maximum atomic E-state index is 13.9. The highest BCUT2D eigenvalue weighted by Crippen LogP contribution is 2.28. The zero-order chi connectivity index (χ0) is 24.0. The molecule has 1 aliphatic heterocycles. The molecule has 176 valence electrons. The molecule has 6 nitrogen and oxygen atoms in total. The minimum absolute atomic E-state index is 0. The maximum Gasteiger partial charge on any atom is 0.270 e. The van der Waals surface area contributed by atoms with Crippen molar-refractivity contribution >= 4 is 22.7 Å². The first-order chi connectivity index (χ1) is 17.2. The molecule has 2 atom stereocenters. The zero-order valence-corrected chi connectivity index (χ0v) is 19.2. The lowest BCUT2D eigenvalue weighted by Gasteiger charge is -2.36. The molecule has 0 spiro atoms. The van der Waals surface area contributed by atoms with Gasteiger partial charge in [0, 0.05) is 32.2 Å². The second kappa shape index (κ2) is 10.3. The molecule has 2 amide bonds. The van der Waals surface area contributed by atoms with Crippen molar-refractivity contribution in [1.82, 2.24) is 20.2 Å². The van der Waals surface area contributed by atoms with Crippen LogP contribution in [0.15, 0.2) is 103 Å². The van der Waals surface area contributed by atoms with Crippen LogP contribution in [0.25, 0.3) is 10.9 Å². The number of aromatic nitrogens is 2. The Labute approximate surface area is 205 Å². The minimum atomic E-state index is -0.733. The van der Waals surface area contributed by atoms with Crippen molar-refractivity contribution in [2.24, 2.45) is 0 Å². The smallest absolute Gasteiger partial charge is 0.270 e. The lowest BCUT2D eigenvalue weighted by atomic mass is 9.97. The van der Waals surface area contributed by atoms with Crippen LogP contribution in [-0.2, 0) is 11.2 Å². The number of nitrogens with one attached hydrogen (secondary N) is 1. The summed E-state index contributed by atoms with van der Waals surface area (Å²) in [6.07, 6.45) is 8.70. The van der Waals surface area contributed by atoms with Crippen LogP contribution in [-0.4, -0.2) is 39.3 Å². The molecule has 2 aromatic heterocycles. The summed E-state index contributed by atoms with van der Waals surface area (Å²) < 4.78 is 0. The number of hydrogen-bond acceptors (Lipinski definition) is 4. The number of benzene rings is 2. The van der Waals surface area contributed by atoms with E-state index < -0.39 is 6.04 Å². The van der Waals surface area contributed by atoms with Crippen LogP contribution in [0.5, 0.6) is 0 Å². The molecule has 0 radical (unpaired) electrons. The van der Waals surface area contributed by atoms with E-state index in [0.29, 0.717) is 19.4 Å². The van der Waals surface area contributed by atoms with E-state index in [2.05, 4.69) is 21.4 Å². The van der Waals surface area contributed by atoms with E-state index in [1.165, 1.54) is 0 Å². The summed E-state index contributed by atoms with van der Waals surface area (Å²) in [4.78, 5) is 37.7. The van der Waals surface area contributed by atoms with Gasteiger partial charge in [-0.05, 0) is 35.7 Å². The fourth-order valence-corrected chi connectivity index (χ4v) is 4.48. The predicted molar refractivity (Wildman–Crippen MR) is 138 cm³/mol. The van der Waals surface area contributed by atoms with Crippen LogP contribution in [0.3, 0.4) is 0 Å². The average Bonchev–Trinajstić information content (AvgIpc) is 2.93. The van der Waals surface area contributed by atoms with Crippen molar-refractivity contribution in [1.29, 1.82) is 0 Å². The molecule has 0 fully saturated rings. The van der Waals surface area contributed by atoms with Crippen molar-refractivity contribution in [3.63, 3.8) is 0 Å². The molecule has 2 aromatic carbocycles. The summed E-state index contributed by atoms with van der Waals surface area (Å²) in [5.41, 5.74) is 2.98. The first-order valence-electron chi connectivity index (χ1n) is 11.7. The average molecular weight is 465 g/mol.